The smallest absolute Gasteiger partial charge is 0.344 e. The molecule has 1 aliphatic carbocycles. The SMILES string of the molecule is CCC(C)(C)C(=O)OCC(=O)OC1(C)CCC2(C#N)CC1OC2=O. The van der Waals surface area contributed by atoms with Gasteiger partial charge in [-0.25, -0.2) is 4.79 Å². The normalized spacial score (nSPS) is 31.8. The Morgan fingerprint density at radius 1 is 1.42 bits per heavy atom. The van der Waals surface area contributed by atoms with Gasteiger partial charge in [0.05, 0.1) is 11.5 Å². The van der Waals surface area contributed by atoms with Crippen molar-refractivity contribution in [1.29, 1.82) is 5.26 Å². The van der Waals surface area contributed by atoms with Gasteiger partial charge in [-0.1, -0.05) is 6.92 Å². The average molecular weight is 337 g/mol. The maximum atomic E-state index is 12.0. The lowest BCUT2D eigenvalue weighted by molar-refractivity contribution is -0.185. The van der Waals surface area contributed by atoms with Gasteiger partial charge < -0.3 is 14.2 Å². The second kappa shape index (κ2) is 6.08. The summed E-state index contributed by atoms with van der Waals surface area (Å²) in [7, 11) is 0. The van der Waals surface area contributed by atoms with Crippen molar-refractivity contribution in [1.82, 2.24) is 0 Å². The van der Waals surface area contributed by atoms with Crippen LogP contribution in [0.15, 0.2) is 0 Å². The third kappa shape index (κ3) is 3.10. The van der Waals surface area contributed by atoms with E-state index in [0.717, 1.165) is 0 Å². The molecule has 2 aliphatic rings. The summed E-state index contributed by atoms with van der Waals surface area (Å²) in [6, 6.07) is 2.03. The summed E-state index contributed by atoms with van der Waals surface area (Å²) in [6.45, 7) is 6.53. The second-order valence-electron chi connectivity index (χ2n) is 7.39. The first-order valence-corrected chi connectivity index (χ1v) is 8.10. The van der Waals surface area contributed by atoms with Crippen LogP contribution < -0.4 is 0 Å². The summed E-state index contributed by atoms with van der Waals surface area (Å²) in [4.78, 5) is 35.8. The summed E-state index contributed by atoms with van der Waals surface area (Å²) in [6.07, 6.45) is 0.787. The molecular weight excluding hydrogens is 314 g/mol. The summed E-state index contributed by atoms with van der Waals surface area (Å²) >= 11 is 0. The van der Waals surface area contributed by atoms with Crippen LogP contribution in [0.3, 0.4) is 0 Å². The van der Waals surface area contributed by atoms with Crippen molar-refractivity contribution in [3.8, 4) is 6.07 Å². The number of nitriles is 1. The molecule has 0 aromatic heterocycles. The van der Waals surface area contributed by atoms with Gasteiger partial charge in [0.15, 0.2) is 12.0 Å². The molecular formula is C17H23NO6. The lowest BCUT2D eigenvalue weighted by atomic mass is 9.70. The number of nitrogens with zero attached hydrogens (tertiary/aromatic N) is 1. The van der Waals surface area contributed by atoms with Crippen LogP contribution >= 0.6 is 0 Å². The van der Waals surface area contributed by atoms with Crippen LogP contribution in [0.4, 0.5) is 0 Å². The molecule has 0 aromatic carbocycles. The van der Waals surface area contributed by atoms with E-state index in [4.69, 9.17) is 14.2 Å². The van der Waals surface area contributed by atoms with E-state index in [1.54, 1.807) is 20.8 Å². The third-order valence-corrected chi connectivity index (χ3v) is 5.22. The molecule has 0 aromatic rings. The van der Waals surface area contributed by atoms with Crippen molar-refractivity contribution in [2.24, 2.45) is 10.8 Å². The van der Waals surface area contributed by atoms with E-state index in [0.29, 0.717) is 12.8 Å². The molecule has 1 saturated carbocycles. The number of hydrogen-bond acceptors (Lipinski definition) is 7. The molecule has 3 atom stereocenters. The fourth-order valence-electron chi connectivity index (χ4n) is 2.87. The Kier molecular flexibility index (Phi) is 4.62. The van der Waals surface area contributed by atoms with Crippen LogP contribution in [0.25, 0.3) is 0 Å². The average Bonchev–Trinajstić information content (AvgIpc) is 2.84. The number of carbonyl (C=O) groups is 3. The first-order chi connectivity index (χ1) is 11.1. The first kappa shape index (κ1) is 18.2. The fraction of sp³-hybridized carbons (Fsp3) is 0.765. The van der Waals surface area contributed by atoms with E-state index in [2.05, 4.69) is 0 Å². The first-order valence-electron chi connectivity index (χ1n) is 8.10. The third-order valence-electron chi connectivity index (χ3n) is 5.22. The maximum absolute atomic E-state index is 12.0. The number of carbonyl (C=O) groups excluding carboxylic acids is 3. The molecule has 1 saturated heterocycles. The van der Waals surface area contributed by atoms with E-state index >= 15 is 0 Å². The van der Waals surface area contributed by atoms with Gasteiger partial charge >= 0.3 is 17.9 Å². The minimum atomic E-state index is -1.12. The highest BCUT2D eigenvalue weighted by atomic mass is 16.6. The highest BCUT2D eigenvalue weighted by Gasteiger charge is 2.61. The number of hydrogen-bond donors (Lipinski definition) is 0. The molecule has 1 heterocycles. The standard InChI is InChI=1S/C17H23NO6/c1-5-15(2,3)13(20)22-9-12(19)24-16(4)6-7-17(10-18)8-11(16)23-14(17)21/h11H,5-9H2,1-4H3. The topological polar surface area (TPSA) is 103 Å². The zero-order chi connectivity index (χ0) is 18.2. The van der Waals surface area contributed by atoms with Crippen molar-refractivity contribution in [3.63, 3.8) is 0 Å². The quantitative estimate of drug-likeness (QED) is 0.557. The van der Waals surface area contributed by atoms with Crippen molar-refractivity contribution in [2.45, 2.75) is 65.1 Å². The molecule has 132 valence electrons. The molecule has 2 bridgehead atoms. The lowest BCUT2D eigenvalue weighted by Gasteiger charge is -2.37. The Hall–Kier alpha value is -2.10. The molecule has 0 radical (unpaired) electrons. The molecule has 0 N–H and O–H groups in total. The molecule has 2 fully saturated rings. The van der Waals surface area contributed by atoms with Crippen LogP contribution in [0.1, 0.15) is 53.4 Å². The number of ether oxygens (including phenoxy) is 3. The lowest BCUT2D eigenvalue weighted by Crippen LogP contribution is -2.47. The summed E-state index contributed by atoms with van der Waals surface area (Å²) < 4.78 is 15.7. The number of esters is 3. The Morgan fingerprint density at radius 3 is 2.67 bits per heavy atom. The van der Waals surface area contributed by atoms with E-state index in [9.17, 15) is 19.6 Å². The zero-order valence-electron chi connectivity index (χ0n) is 14.5. The molecule has 7 nitrogen and oxygen atoms in total. The molecule has 1 aliphatic heterocycles. The van der Waals surface area contributed by atoms with Crippen LogP contribution in [-0.2, 0) is 28.6 Å². The monoisotopic (exact) mass is 337 g/mol. The maximum Gasteiger partial charge on any atom is 0.344 e. The molecule has 3 unspecified atom stereocenters. The van der Waals surface area contributed by atoms with Gasteiger partial charge in [-0.3, -0.25) is 9.59 Å². The molecule has 0 spiro atoms. The molecule has 0 amide bonds. The number of rotatable bonds is 5. The second-order valence-corrected chi connectivity index (χ2v) is 7.39. The minimum Gasteiger partial charge on any atom is -0.457 e. The highest BCUT2D eigenvalue weighted by molar-refractivity contribution is 5.83. The van der Waals surface area contributed by atoms with Crippen molar-refractivity contribution >= 4 is 17.9 Å². The van der Waals surface area contributed by atoms with Gasteiger partial charge in [0.1, 0.15) is 11.7 Å². The van der Waals surface area contributed by atoms with Crippen LogP contribution in [0.5, 0.6) is 0 Å². The predicted octanol–water partition coefficient (Wildman–Crippen LogP) is 1.89. The van der Waals surface area contributed by atoms with Crippen molar-refractivity contribution in [3.05, 3.63) is 0 Å². The summed E-state index contributed by atoms with van der Waals surface area (Å²) in [5, 5.41) is 9.22. The van der Waals surface area contributed by atoms with Gasteiger partial charge in [-0.2, -0.15) is 5.26 Å². The highest BCUT2D eigenvalue weighted by Crippen LogP contribution is 2.49. The Bertz CT molecular complexity index is 607. The van der Waals surface area contributed by atoms with Gasteiger partial charge in [0, 0.05) is 6.42 Å². The molecule has 2 rings (SSSR count). The Labute approximate surface area is 141 Å². The van der Waals surface area contributed by atoms with E-state index in [1.807, 2.05) is 13.0 Å². The van der Waals surface area contributed by atoms with Crippen LogP contribution in [0, 0.1) is 22.2 Å². The molecule has 24 heavy (non-hydrogen) atoms. The van der Waals surface area contributed by atoms with E-state index < -0.39 is 47.0 Å². The van der Waals surface area contributed by atoms with E-state index in [1.165, 1.54) is 0 Å². The predicted molar refractivity (Wildman–Crippen MR) is 81.3 cm³/mol. The summed E-state index contributed by atoms with van der Waals surface area (Å²) in [5.74, 6) is -1.71. The van der Waals surface area contributed by atoms with E-state index in [-0.39, 0.29) is 12.8 Å². The number of fused-ring (bicyclic) bond motifs is 2. The van der Waals surface area contributed by atoms with Gasteiger partial charge in [0.25, 0.3) is 0 Å². The van der Waals surface area contributed by atoms with Crippen LogP contribution in [-0.4, -0.2) is 36.2 Å². The van der Waals surface area contributed by atoms with Gasteiger partial charge in [-0.05, 0) is 40.0 Å². The van der Waals surface area contributed by atoms with Crippen molar-refractivity contribution < 1.29 is 28.6 Å². The molecule has 7 heteroatoms. The summed E-state index contributed by atoms with van der Waals surface area (Å²) in [5.41, 5.74) is -2.78. The van der Waals surface area contributed by atoms with Crippen LogP contribution in [0.2, 0.25) is 0 Å². The Balaban J connectivity index is 1.94. The minimum absolute atomic E-state index is 0.217. The Morgan fingerprint density at radius 2 is 2.08 bits per heavy atom. The largest absolute Gasteiger partial charge is 0.457 e. The fourth-order valence-corrected chi connectivity index (χ4v) is 2.87. The van der Waals surface area contributed by atoms with Gasteiger partial charge in [0.2, 0.25) is 0 Å². The van der Waals surface area contributed by atoms with Gasteiger partial charge in [-0.15, -0.1) is 0 Å². The van der Waals surface area contributed by atoms with Crippen molar-refractivity contribution in [2.75, 3.05) is 6.61 Å². The zero-order valence-corrected chi connectivity index (χ0v) is 14.5.